The number of hydrogen-bond donors (Lipinski definition) is 4. The first kappa shape index (κ1) is 29.6. The SMILES string of the molecule is CP(=O)(O)OCCCNC(=O)c1ccc(/C=C/c2ccc(C(=O)NCCCO[P@](C)(=O)O)cc2)cc1. The van der Waals surface area contributed by atoms with Crippen molar-refractivity contribution in [2.75, 3.05) is 39.6 Å². The Morgan fingerprint density at radius 3 is 1.36 bits per heavy atom. The van der Waals surface area contributed by atoms with Gasteiger partial charge in [-0.15, -0.1) is 0 Å². The molecule has 0 saturated carbocycles. The van der Waals surface area contributed by atoms with Crippen LogP contribution in [0.2, 0.25) is 0 Å². The van der Waals surface area contributed by atoms with Gasteiger partial charge in [-0.25, -0.2) is 0 Å². The van der Waals surface area contributed by atoms with Crippen LogP contribution in [0.3, 0.4) is 0 Å². The van der Waals surface area contributed by atoms with Crippen molar-refractivity contribution in [3.05, 3.63) is 70.8 Å². The summed E-state index contributed by atoms with van der Waals surface area (Å²) >= 11 is 0. The Hall–Kier alpha value is -2.58. The third-order valence-corrected chi connectivity index (χ3v) is 6.01. The molecule has 0 saturated heterocycles. The summed E-state index contributed by atoms with van der Waals surface area (Å²) in [7, 11) is -6.99. The summed E-state index contributed by atoms with van der Waals surface area (Å²) in [6, 6.07) is 14.1. The number of nitrogens with one attached hydrogen (secondary N) is 2. The molecule has 1 unspecified atom stereocenters. The molecule has 2 aromatic rings. The van der Waals surface area contributed by atoms with Gasteiger partial charge in [0.05, 0.1) is 13.2 Å². The molecule has 0 aliphatic rings. The van der Waals surface area contributed by atoms with Gasteiger partial charge >= 0.3 is 15.2 Å². The van der Waals surface area contributed by atoms with E-state index in [9.17, 15) is 18.7 Å². The fraction of sp³-hybridized carbons (Fsp3) is 0.333. The molecule has 0 aliphatic carbocycles. The normalized spacial score (nSPS) is 14.7. The Labute approximate surface area is 210 Å². The lowest BCUT2D eigenvalue weighted by molar-refractivity contribution is 0.0943. The minimum Gasteiger partial charge on any atom is -0.352 e. The van der Waals surface area contributed by atoms with E-state index < -0.39 is 15.2 Å². The number of rotatable bonds is 14. The van der Waals surface area contributed by atoms with Gasteiger partial charge < -0.3 is 29.5 Å². The number of amides is 2. The zero-order valence-corrected chi connectivity index (χ0v) is 22.0. The molecule has 2 rings (SSSR count). The Balaban J connectivity index is 1.77. The number of carbonyl (C=O) groups is 2. The maximum absolute atomic E-state index is 12.2. The van der Waals surface area contributed by atoms with E-state index in [1.54, 1.807) is 24.3 Å². The quantitative estimate of drug-likeness (QED) is 0.161. The molecule has 0 radical (unpaired) electrons. The van der Waals surface area contributed by atoms with Gasteiger partial charge in [-0.3, -0.25) is 18.7 Å². The Bertz CT molecular complexity index is 1030. The van der Waals surface area contributed by atoms with Crippen LogP contribution >= 0.6 is 15.2 Å². The average molecular weight is 538 g/mol. The van der Waals surface area contributed by atoms with Crippen LogP contribution in [0.5, 0.6) is 0 Å². The molecular weight excluding hydrogens is 506 g/mol. The third kappa shape index (κ3) is 12.4. The standard InChI is InChI=1S/C24H32N2O8P2/c1-35(29,30)33-17-3-15-25-23(27)21-11-7-19(8-12-21)5-6-20-9-13-22(14-10-20)24(28)26-16-4-18-34-36(2,31)32/h5-14H,3-4,15-18H2,1-2H3,(H,25,27)(H,26,28)(H,29,30)(H,31,32)/b6-5+. The first-order valence-electron chi connectivity index (χ1n) is 11.3. The summed E-state index contributed by atoms with van der Waals surface area (Å²) < 4.78 is 31.6. The Kier molecular flexibility index (Phi) is 11.7. The number of benzene rings is 2. The smallest absolute Gasteiger partial charge is 0.325 e. The Morgan fingerprint density at radius 2 is 1.06 bits per heavy atom. The summed E-state index contributed by atoms with van der Waals surface area (Å²) in [4.78, 5) is 42.5. The van der Waals surface area contributed by atoms with Crippen molar-refractivity contribution in [3.8, 4) is 0 Å². The maximum atomic E-state index is 12.2. The minimum absolute atomic E-state index is 0.0881. The molecule has 0 bridgehead atoms. The molecule has 10 nitrogen and oxygen atoms in total. The van der Waals surface area contributed by atoms with E-state index in [1.165, 1.54) is 0 Å². The average Bonchev–Trinajstić information content (AvgIpc) is 2.81. The first-order valence-corrected chi connectivity index (χ1v) is 15.3. The highest BCUT2D eigenvalue weighted by Crippen LogP contribution is 2.36. The van der Waals surface area contributed by atoms with Gasteiger partial charge in [0, 0.05) is 37.5 Å². The lowest BCUT2D eigenvalue weighted by atomic mass is 10.1. The Morgan fingerprint density at radius 1 is 0.722 bits per heavy atom. The highest BCUT2D eigenvalue weighted by Gasteiger charge is 2.10. The second kappa shape index (κ2) is 14.2. The predicted molar refractivity (Wildman–Crippen MR) is 139 cm³/mol. The lowest BCUT2D eigenvalue weighted by Gasteiger charge is -2.08. The number of carbonyl (C=O) groups excluding carboxylic acids is 2. The van der Waals surface area contributed by atoms with Crippen LogP contribution in [0.1, 0.15) is 44.7 Å². The molecule has 0 heterocycles. The van der Waals surface area contributed by atoms with Crippen LogP contribution in [0.4, 0.5) is 0 Å². The molecule has 0 aromatic heterocycles. The molecule has 12 heteroatoms. The van der Waals surface area contributed by atoms with Gasteiger partial charge in [0.25, 0.3) is 11.8 Å². The fourth-order valence-corrected chi connectivity index (χ4v) is 3.84. The van der Waals surface area contributed by atoms with Crippen molar-refractivity contribution in [1.29, 1.82) is 0 Å². The lowest BCUT2D eigenvalue weighted by Crippen LogP contribution is -2.25. The molecule has 36 heavy (non-hydrogen) atoms. The number of hydrogen-bond acceptors (Lipinski definition) is 6. The maximum Gasteiger partial charge on any atom is 0.325 e. The summed E-state index contributed by atoms with van der Waals surface area (Å²) in [5.41, 5.74) is 2.78. The predicted octanol–water partition coefficient (Wildman–Crippen LogP) is 3.76. The monoisotopic (exact) mass is 538 g/mol. The molecule has 196 valence electrons. The molecular formula is C24H32N2O8P2. The molecule has 0 aliphatic heterocycles. The van der Waals surface area contributed by atoms with E-state index in [0.717, 1.165) is 24.5 Å². The topological polar surface area (TPSA) is 151 Å². The van der Waals surface area contributed by atoms with Gasteiger partial charge in [-0.2, -0.15) is 0 Å². The second-order valence-corrected chi connectivity index (χ2v) is 11.8. The van der Waals surface area contributed by atoms with Crippen molar-refractivity contribution in [1.82, 2.24) is 10.6 Å². The molecule has 2 aromatic carbocycles. The molecule has 2 amide bonds. The summed E-state index contributed by atoms with van der Waals surface area (Å²) in [6.07, 6.45) is 4.63. The fourth-order valence-electron chi connectivity index (χ4n) is 2.90. The van der Waals surface area contributed by atoms with Crippen LogP contribution in [-0.4, -0.2) is 61.2 Å². The zero-order chi connectivity index (χ0) is 26.6. The second-order valence-electron chi connectivity index (χ2n) is 8.07. The highest BCUT2D eigenvalue weighted by atomic mass is 31.2. The summed E-state index contributed by atoms with van der Waals surface area (Å²) in [6.45, 7) is 3.06. The van der Waals surface area contributed by atoms with Gasteiger partial charge in [-0.1, -0.05) is 36.4 Å². The van der Waals surface area contributed by atoms with Crippen molar-refractivity contribution in [3.63, 3.8) is 0 Å². The summed E-state index contributed by atoms with van der Waals surface area (Å²) in [5, 5.41) is 5.47. The van der Waals surface area contributed by atoms with Crippen molar-refractivity contribution in [2.24, 2.45) is 0 Å². The van der Waals surface area contributed by atoms with Gasteiger partial charge in [-0.05, 0) is 48.2 Å². The van der Waals surface area contributed by atoms with Crippen LogP contribution in [0.15, 0.2) is 48.5 Å². The first-order chi connectivity index (χ1) is 16.9. The van der Waals surface area contributed by atoms with Gasteiger partial charge in [0.2, 0.25) is 0 Å². The summed E-state index contributed by atoms with van der Waals surface area (Å²) in [5.74, 6) is -0.483. The highest BCUT2D eigenvalue weighted by molar-refractivity contribution is 7.52. The van der Waals surface area contributed by atoms with Crippen molar-refractivity contribution < 1.29 is 37.6 Å². The van der Waals surface area contributed by atoms with E-state index >= 15 is 0 Å². The molecule has 4 N–H and O–H groups in total. The van der Waals surface area contributed by atoms with Crippen molar-refractivity contribution >= 4 is 39.2 Å². The van der Waals surface area contributed by atoms with E-state index in [-0.39, 0.29) is 25.0 Å². The van der Waals surface area contributed by atoms with E-state index in [1.807, 2.05) is 36.4 Å². The molecule has 0 spiro atoms. The third-order valence-electron chi connectivity index (χ3n) is 4.69. The van der Waals surface area contributed by atoms with Gasteiger partial charge in [0.15, 0.2) is 0 Å². The van der Waals surface area contributed by atoms with Crippen LogP contribution in [0, 0.1) is 0 Å². The van der Waals surface area contributed by atoms with Crippen LogP contribution in [-0.2, 0) is 18.2 Å². The zero-order valence-electron chi connectivity index (χ0n) is 20.3. The van der Waals surface area contributed by atoms with Crippen LogP contribution < -0.4 is 10.6 Å². The van der Waals surface area contributed by atoms with Gasteiger partial charge in [0.1, 0.15) is 0 Å². The molecule has 0 fully saturated rings. The largest absolute Gasteiger partial charge is 0.352 e. The van der Waals surface area contributed by atoms with Crippen molar-refractivity contribution in [2.45, 2.75) is 12.8 Å². The van der Waals surface area contributed by atoms with E-state index in [2.05, 4.69) is 10.6 Å². The molecule has 2 atom stereocenters. The van der Waals surface area contributed by atoms with Crippen LogP contribution in [0.25, 0.3) is 12.2 Å². The van der Waals surface area contributed by atoms with E-state index in [4.69, 9.17) is 18.8 Å². The van der Waals surface area contributed by atoms with E-state index in [0.29, 0.717) is 37.1 Å². The minimum atomic E-state index is -3.49.